The first kappa shape index (κ1) is 30.2. The third kappa shape index (κ3) is 7.93. The highest BCUT2D eigenvalue weighted by Gasteiger charge is 2.27. The Kier molecular flexibility index (Phi) is 10.5. The number of carbonyl (C=O) groups is 2. The van der Waals surface area contributed by atoms with Crippen LogP contribution in [0.3, 0.4) is 0 Å². The molecular weight excluding hydrogens is 557 g/mol. The summed E-state index contributed by atoms with van der Waals surface area (Å²) in [6.07, 6.45) is 2.71. The standard InChI is InChI=1S/C33H35Cl2N3O3/c1-4-24(2)38(33(40)27-15-16-30(34)31(35)19-27)23-32(39)37(20-25-10-6-5-7-11-25)22-28-13-9-17-36(28)21-26-12-8-14-29(18-26)41-3/h5-19,24H,4,20-23H2,1-3H3. The highest BCUT2D eigenvalue weighted by molar-refractivity contribution is 6.42. The molecule has 1 heterocycles. The fourth-order valence-electron chi connectivity index (χ4n) is 4.64. The second kappa shape index (κ2) is 14.2. The molecule has 4 rings (SSSR count). The Labute approximate surface area is 252 Å². The van der Waals surface area contributed by atoms with Gasteiger partial charge in [0.2, 0.25) is 5.91 Å². The van der Waals surface area contributed by atoms with Crippen molar-refractivity contribution in [2.45, 2.75) is 45.9 Å². The monoisotopic (exact) mass is 591 g/mol. The lowest BCUT2D eigenvalue weighted by Gasteiger charge is -2.31. The molecular formula is C33H35Cl2N3O3. The van der Waals surface area contributed by atoms with Crippen LogP contribution in [-0.2, 0) is 24.4 Å². The van der Waals surface area contributed by atoms with Crippen LogP contribution in [0, 0.1) is 0 Å². The molecule has 2 amide bonds. The van der Waals surface area contributed by atoms with Crippen molar-refractivity contribution >= 4 is 35.0 Å². The Morgan fingerprint density at radius 3 is 2.34 bits per heavy atom. The van der Waals surface area contributed by atoms with Gasteiger partial charge in [0.25, 0.3) is 5.91 Å². The molecule has 4 aromatic rings. The summed E-state index contributed by atoms with van der Waals surface area (Å²) in [6.45, 7) is 5.33. The van der Waals surface area contributed by atoms with Gasteiger partial charge in [-0.1, -0.05) is 72.6 Å². The summed E-state index contributed by atoms with van der Waals surface area (Å²) in [5, 5.41) is 0.677. The van der Waals surface area contributed by atoms with Gasteiger partial charge in [-0.05, 0) is 66.9 Å². The van der Waals surface area contributed by atoms with Gasteiger partial charge in [-0.15, -0.1) is 0 Å². The molecule has 6 nitrogen and oxygen atoms in total. The third-order valence-electron chi connectivity index (χ3n) is 7.19. The first-order valence-corrected chi connectivity index (χ1v) is 14.4. The Morgan fingerprint density at radius 2 is 1.63 bits per heavy atom. The first-order chi connectivity index (χ1) is 19.8. The number of carbonyl (C=O) groups excluding carboxylic acids is 2. The summed E-state index contributed by atoms with van der Waals surface area (Å²) >= 11 is 12.3. The molecule has 41 heavy (non-hydrogen) atoms. The van der Waals surface area contributed by atoms with Crippen molar-refractivity contribution < 1.29 is 14.3 Å². The van der Waals surface area contributed by atoms with Crippen molar-refractivity contribution in [1.82, 2.24) is 14.4 Å². The summed E-state index contributed by atoms with van der Waals surface area (Å²) in [4.78, 5) is 31.0. The van der Waals surface area contributed by atoms with Crippen molar-refractivity contribution in [2.24, 2.45) is 0 Å². The van der Waals surface area contributed by atoms with E-state index in [0.29, 0.717) is 41.7 Å². The minimum atomic E-state index is -0.257. The van der Waals surface area contributed by atoms with E-state index < -0.39 is 0 Å². The summed E-state index contributed by atoms with van der Waals surface area (Å²) in [5.74, 6) is 0.401. The van der Waals surface area contributed by atoms with Gasteiger partial charge in [0.05, 0.1) is 23.7 Å². The Morgan fingerprint density at radius 1 is 0.878 bits per heavy atom. The van der Waals surface area contributed by atoms with Gasteiger partial charge >= 0.3 is 0 Å². The number of amides is 2. The fraction of sp³-hybridized carbons (Fsp3) is 0.273. The predicted molar refractivity (Wildman–Crippen MR) is 164 cm³/mol. The molecule has 0 N–H and O–H groups in total. The van der Waals surface area contributed by atoms with Crippen LogP contribution in [0.1, 0.15) is 47.4 Å². The number of hydrogen-bond donors (Lipinski definition) is 0. The van der Waals surface area contributed by atoms with Gasteiger partial charge in [0, 0.05) is 36.6 Å². The number of halogens is 2. The van der Waals surface area contributed by atoms with E-state index >= 15 is 0 Å². The van der Waals surface area contributed by atoms with Crippen LogP contribution in [0.25, 0.3) is 0 Å². The smallest absolute Gasteiger partial charge is 0.254 e. The summed E-state index contributed by atoms with van der Waals surface area (Å²) in [7, 11) is 1.65. The molecule has 0 saturated carbocycles. The van der Waals surface area contributed by atoms with Crippen LogP contribution in [0.15, 0.2) is 91.1 Å². The van der Waals surface area contributed by atoms with Crippen molar-refractivity contribution in [2.75, 3.05) is 13.7 Å². The van der Waals surface area contributed by atoms with Gasteiger partial charge in [-0.25, -0.2) is 0 Å². The van der Waals surface area contributed by atoms with Crippen molar-refractivity contribution in [1.29, 1.82) is 0 Å². The fourth-order valence-corrected chi connectivity index (χ4v) is 4.93. The zero-order chi connectivity index (χ0) is 29.4. The van der Waals surface area contributed by atoms with E-state index in [4.69, 9.17) is 27.9 Å². The van der Waals surface area contributed by atoms with E-state index in [1.807, 2.05) is 85.6 Å². The average molecular weight is 593 g/mol. The maximum Gasteiger partial charge on any atom is 0.254 e. The van der Waals surface area contributed by atoms with Crippen molar-refractivity contribution in [3.63, 3.8) is 0 Å². The molecule has 0 saturated heterocycles. The zero-order valence-electron chi connectivity index (χ0n) is 23.6. The quantitative estimate of drug-likeness (QED) is 0.173. The molecule has 0 aliphatic rings. The lowest BCUT2D eigenvalue weighted by Crippen LogP contribution is -2.46. The van der Waals surface area contributed by atoms with Gasteiger partial charge in [-0.2, -0.15) is 0 Å². The second-order valence-electron chi connectivity index (χ2n) is 10.0. The number of nitrogens with zero attached hydrogens (tertiary/aromatic N) is 3. The van der Waals surface area contributed by atoms with Crippen LogP contribution >= 0.6 is 23.2 Å². The number of hydrogen-bond acceptors (Lipinski definition) is 3. The lowest BCUT2D eigenvalue weighted by molar-refractivity contribution is -0.133. The molecule has 3 aromatic carbocycles. The molecule has 1 aromatic heterocycles. The summed E-state index contributed by atoms with van der Waals surface area (Å²) in [6, 6.07) is 26.5. The molecule has 0 aliphatic carbocycles. The summed E-state index contributed by atoms with van der Waals surface area (Å²) in [5.41, 5.74) is 3.49. The van der Waals surface area contributed by atoms with Gasteiger partial charge < -0.3 is 19.1 Å². The summed E-state index contributed by atoms with van der Waals surface area (Å²) < 4.78 is 7.52. The van der Waals surface area contributed by atoms with E-state index in [0.717, 1.165) is 22.6 Å². The number of rotatable bonds is 12. The molecule has 1 atom stereocenters. The van der Waals surface area contributed by atoms with E-state index in [1.54, 1.807) is 30.2 Å². The maximum absolute atomic E-state index is 14.0. The molecule has 0 radical (unpaired) electrons. The third-order valence-corrected chi connectivity index (χ3v) is 7.93. The molecule has 1 unspecified atom stereocenters. The minimum absolute atomic E-state index is 0.0580. The van der Waals surface area contributed by atoms with Crippen LogP contribution < -0.4 is 4.74 Å². The van der Waals surface area contributed by atoms with Crippen LogP contribution in [0.4, 0.5) is 0 Å². The molecule has 0 fully saturated rings. The molecule has 8 heteroatoms. The zero-order valence-corrected chi connectivity index (χ0v) is 25.1. The highest BCUT2D eigenvalue weighted by Crippen LogP contribution is 2.24. The average Bonchev–Trinajstić information content (AvgIpc) is 3.42. The number of ether oxygens (including phenoxy) is 1. The number of aromatic nitrogens is 1. The van der Waals surface area contributed by atoms with Crippen LogP contribution in [-0.4, -0.2) is 45.9 Å². The topological polar surface area (TPSA) is 54.8 Å². The van der Waals surface area contributed by atoms with Gasteiger partial charge in [0.1, 0.15) is 12.3 Å². The minimum Gasteiger partial charge on any atom is -0.497 e. The number of methoxy groups -OCH3 is 1. The Bertz CT molecular complexity index is 1470. The molecule has 214 valence electrons. The lowest BCUT2D eigenvalue weighted by atomic mass is 10.1. The maximum atomic E-state index is 14.0. The van der Waals surface area contributed by atoms with E-state index in [9.17, 15) is 9.59 Å². The normalized spacial score (nSPS) is 11.6. The highest BCUT2D eigenvalue weighted by atomic mass is 35.5. The largest absolute Gasteiger partial charge is 0.497 e. The molecule has 0 bridgehead atoms. The Hall–Kier alpha value is -3.74. The van der Waals surface area contributed by atoms with Crippen molar-refractivity contribution in [3.05, 3.63) is 124 Å². The Balaban J connectivity index is 1.59. The SMILES string of the molecule is CCC(C)N(CC(=O)N(Cc1ccccc1)Cc1cccn1Cc1cccc(OC)c1)C(=O)c1ccc(Cl)c(Cl)c1. The van der Waals surface area contributed by atoms with Crippen LogP contribution in [0.5, 0.6) is 5.75 Å². The van der Waals surface area contributed by atoms with E-state index in [2.05, 4.69) is 10.6 Å². The van der Waals surface area contributed by atoms with Crippen LogP contribution in [0.2, 0.25) is 10.0 Å². The van der Waals surface area contributed by atoms with Gasteiger partial charge in [-0.3, -0.25) is 9.59 Å². The van der Waals surface area contributed by atoms with E-state index in [-0.39, 0.29) is 24.4 Å². The van der Waals surface area contributed by atoms with E-state index in [1.165, 1.54) is 0 Å². The van der Waals surface area contributed by atoms with Crippen molar-refractivity contribution in [3.8, 4) is 5.75 Å². The predicted octanol–water partition coefficient (Wildman–Crippen LogP) is 7.32. The first-order valence-electron chi connectivity index (χ1n) is 13.6. The van der Waals surface area contributed by atoms with Gasteiger partial charge in [0.15, 0.2) is 0 Å². The molecule has 0 spiro atoms. The molecule has 0 aliphatic heterocycles. The number of benzene rings is 3. The second-order valence-corrected chi connectivity index (χ2v) is 10.8.